The Kier molecular flexibility index (Phi) is 3.54. The molecule has 4 atom stereocenters. The molecular weight excluding hydrogens is 256 g/mol. The first-order chi connectivity index (χ1) is 9.61. The van der Waals surface area contributed by atoms with Gasteiger partial charge < -0.3 is 14.9 Å². The standard InChI is InChI=1S/C15H22N2O3/c1-2-16-5-7-17(8-6-16)14(18)12-10-3-4-11(9-10)13(12)15(19)20/h3-4,10-13H,2,5-9H2,1H3,(H,19,20)/t10-,11-,12+,13-/m0/s1. The number of allylic oxidation sites excluding steroid dienone is 2. The lowest BCUT2D eigenvalue weighted by Gasteiger charge is -2.37. The third-order valence-electron chi connectivity index (χ3n) is 5.16. The summed E-state index contributed by atoms with van der Waals surface area (Å²) in [6, 6.07) is 0. The van der Waals surface area contributed by atoms with E-state index in [9.17, 15) is 14.7 Å². The number of piperazine rings is 1. The second-order valence-electron chi connectivity index (χ2n) is 6.10. The van der Waals surface area contributed by atoms with Gasteiger partial charge in [0.05, 0.1) is 11.8 Å². The molecule has 2 fully saturated rings. The van der Waals surface area contributed by atoms with Crippen molar-refractivity contribution in [2.45, 2.75) is 13.3 Å². The van der Waals surface area contributed by atoms with Crippen LogP contribution in [0.4, 0.5) is 0 Å². The molecule has 0 aromatic rings. The molecule has 0 radical (unpaired) electrons. The van der Waals surface area contributed by atoms with Crippen molar-refractivity contribution in [3.05, 3.63) is 12.2 Å². The molecular formula is C15H22N2O3. The second kappa shape index (κ2) is 5.20. The van der Waals surface area contributed by atoms with Crippen molar-refractivity contribution in [1.82, 2.24) is 9.80 Å². The summed E-state index contributed by atoms with van der Waals surface area (Å²) in [5.41, 5.74) is 0. The van der Waals surface area contributed by atoms with E-state index in [1.54, 1.807) is 0 Å². The molecule has 1 saturated carbocycles. The molecule has 0 aromatic carbocycles. The average molecular weight is 278 g/mol. The number of carboxylic acid groups (broad SMARTS) is 1. The van der Waals surface area contributed by atoms with Crippen LogP contribution >= 0.6 is 0 Å². The molecule has 0 unspecified atom stereocenters. The monoisotopic (exact) mass is 278 g/mol. The first-order valence-electron chi connectivity index (χ1n) is 7.54. The summed E-state index contributed by atoms with van der Waals surface area (Å²) in [7, 11) is 0. The molecule has 1 saturated heterocycles. The van der Waals surface area contributed by atoms with Crippen LogP contribution in [0.15, 0.2) is 12.2 Å². The lowest BCUT2D eigenvalue weighted by atomic mass is 9.82. The van der Waals surface area contributed by atoms with Gasteiger partial charge in [-0.25, -0.2) is 0 Å². The van der Waals surface area contributed by atoms with Crippen molar-refractivity contribution in [3.8, 4) is 0 Å². The average Bonchev–Trinajstić information content (AvgIpc) is 3.07. The van der Waals surface area contributed by atoms with Gasteiger partial charge in [-0.05, 0) is 24.8 Å². The first kappa shape index (κ1) is 13.6. The van der Waals surface area contributed by atoms with E-state index in [0.29, 0.717) is 0 Å². The SMILES string of the molecule is CCN1CCN(C(=O)[C@H]2[C@@H](C(=O)O)[C@H]3C=C[C@H]2C3)CC1. The third-order valence-corrected chi connectivity index (χ3v) is 5.16. The number of carbonyl (C=O) groups excluding carboxylic acids is 1. The van der Waals surface area contributed by atoms with Gasteiger partial charge in [-0.2, -0.15) is 0 Å². The number of aliphatic carboxylic acids is 1. The van der Waals surface area contributed by atoms with Crippen LogP contribution in [0.5, 0.6) is 0 Å². The summed E-state index contributed by atoms with van der Waals surface area (Å²) in [6.07, 6.45) is 4.87. The zero-order valence-corrected chi connectivity index (χ0v) is 11.9. The van der Waals surface area contributed by atoms with Crippen molar-refractivity contribution < 1.29 is 14.7 Å². The fourth-order valence-corrected chi connectivity index (χ4v) is 3.99. The van der Waals surface area contributed by atoms with Crippen LogP contribution in [-0.4, -0.2) is 59.5 Å². The van der Waals surface area contributed by atoms with Gasteiger partial charge in [-0.1, -0.05) is 19.1 Å². The minimum absolute atomic E-state index is 0.0587. The molecule has 1 amide bonds. The van der Waals surface area contributed by atoms with Crippen molar-refractivity contribution in [2.24, 2.45) is 23.7 Å². The summed E-state index contributed by atoms with van der Waals surface area (Å²) >= 11 is 0. The van der Waals surface area contributed by atoms with Crippen LogP contribution in [-0.2, 0) is 9.59 Å². The molecule has 3 aliphatic rings. The topological polar surface area (TPSA) is 60.9 Å². The molecule has 0 spiro atoms. The molecule has 2 bridgehead atoms. The van der Waals surface area contributed by atoms with Crippen LogP contribution in [0.1, 0.15) is 13.3 Å². The number of fused-ring (bicyclic) bond motifs is 2. The Morgan fingerprint density at radius 2 is 1.70 bits per heavy atom. The highest BCUT2D eigenvalue weighted by Gasteiger charge is 2.52. The van der Waals surface area contributed by atoms with Gasteiger partial charge in [0.2, 0.25) is 5.91 Å². The maximum absolute atomic E-state index is 12.7. The number of hydrogen-bond donors (Lipinski definition) is 1. The van der Waals surface area contributed by atoms with E-state index in [1.807, 2.05) is 11.0 Å². The smallest absolute Gasteiger partial charge is 0.307 e. The molecule has 5 heteroatoms. The Morgan fingerprint density at radius 1 is 1.10 bits per heavy atom. The highest BCUT2D eigenvalue weighted by Crippen LogP contribution is 2.48. The van der Waals surface area contributed by atoms with E-state index in [0.717, 1.165) is 39.1 Å². The number of likely N-dealkylation sites (N-methyl/N-ethyl adjacent to an activating group) is 1. The minimum atomic E-state index is -0.813. The number of amides is 1. The third kappa shape index (κ3) is 2.14. The van der Waals surface area contributed by atoms with Gasteiger partial charge in [-0.3, -0.25) is 9.59 Å². The molecule has 1 N–H and O–H groups in total. The largest absolute Gasteiger partial charge is 0.481 e. The van der Waals surface area contributed by atoms with E-state index in [-0.39, 0.29) is 23.7 Å². The Bertz CT molecular complexity index is 440. The fourth-order valence-electron chi connectivity index (χ4n) is 3.99. The Hall–Kier alpha value is -1.36. The number of carbonyl (C=O) groups is 2. The van der Waals surface area contributed by atoms with Gasteiger partial charge in [-0.15, -0.1) is 0 Å². The molecule has 5 nitrogen and oxygen atoms in total. The van der Waals surface area contributed by atoms with E-state index >= 15 is 0 Å². The van der Waals surface area contributed by atoms with Gasteiger partial charge in [0, 0.05) is 26.2 Å². The van der Waals surface area contributed by atoms with Crippen LogP contribution in [0, 0.1) is 23.7 Å². The summed E-state index contributed by atoms with van der Waals surface area (Å²) in [6.45, 7) is 6.40. The minimum Gasteiger partial charge on any atom is -0.481 e. The molecule has 2 aliphatic carbocycles. The Labute approximate surface area is 119 Å². The maximum atomic E-state index is 12.7. The van der Waals surface area contributed by atoms with E-state index in [2.05, 4.69) is 17.9 Å². The van der Waals surface area contributed by atoms with Gasteiger partial charge in [0.1, 0.15) is 0 Å². The fraction of sp³-hybridized carbons (Fsp3) is 0.733. The summed E-state index contributed by atoms with van der Waals surface area (Å²) in [5.74, 6) is -1.41. The van der Waals surface area contributed by atoms with Crippen molar-refractivity contribution in [2.75, 3.05) is 32.7 Å². The molecule has 1 aliphatic heterocycles. The summed E-state index contributed by atoms with van der Waals surface area (Å²) < 4.78 is 0. The molecule has 20 heavy (non-hydrogen) atoms. The summed E-state index contributed by atoms with van der Waals surface area (Å²) in [5, 5.41) is 9.42. The maximum Gasteiger partial charge on any atom is 0.307 e. The second-order valence-corrected chi connectivity index (χ2v) is 6.10. The van der Waals surface area contributed by atoms with E-state index in [1.165, 1.54) is 0 Å². The van der Waals surface area contributed by atoms with E-state index < -0.39 is 11.9 Å². The Balaban J connectivity index is 1.71. The number of carboxylic acids is 1. The highest BCUT2D eigenvalue weighted by atomic mass is 16.4. The quantitative estimate of drug-likeness (QED) is 0.771. The first-order valence-corrected chi connectivity index (χ1v) is 7.54. The molecule has 0 aromatic heterocycles. The molecule has 3 rings (SSSR count). The van der Waals surface area contributed by atoms with Crippen molar-refractivity contribution in [1.29, 1.82) is 0 Å². The van der Waals surface area contributed by atoms with Gasteiger partial charge >= 0.3 is 5.97 Å². The number of nitrogens with zero attached hydrogens (tertiary/aromatic N) is 2. The molecule has 110 valence electrons. The zero-order chi connectivity index (χ0) is 14.3. The van der Waals surface area contributed by atoms with Crippen molar-refractivity contribution in [3.63, 3.8) is 0 Å². The Morgan fingerprint density at radius 3 is 2.25 bits per heavy atom. The van der Waals surface area contributed by atoms with Gasteiger partial charge in [0.15, 0.2) is 0 Å². The molecule has 1 heterocycles. The lowest BCUT2D eigenvalue weighted by Crippen LogP contribution is -2.52. The van der Waals surface area contributed by atoms with Crippen molar-refractivity contribution >= 4 is 11.9 Å². The normalized spacial score (nSPS) is 36.5. The van der Waals surface area contributed by atoms with Gasteiger partial charge in [0.25, 0.3) is 0 Å². The summed E-state index contributed by atoms with van der Waals surface area (Å²) in [4.78, 5) is 28.4. The van der Waals surface area contributed by atoms with Crippen LogP contribution in [0.25, 0.3) is 0 Å². The predicted molar refractivity (Wildman–Crippen MR) is 74.0 cm³/mol. The van der Waals surface area contributed by atoms with E-state index in [4.69, 9.17) is 0 Å². The van der Waals surface area contributed by atoms with Crippen LogP contribution < -0.4 is 0 Å². The highest BCUT2D eigenvalue weighted by molar-refractivity contribution is 5.87. The van der Waals surface area contributed by atoms with Crippen LogP contribution in [0.3, 0.4) is 0 Å². The number of rotatable bonds is 3. The van der Waals surface area contributed by atoms with Crippen LogP contribution in [0.2, 0.25) is 0 Å². The lowest BCUT2D eigenvalue weighted by molar-refractivity contribution is -0.151. The predicted octanol–water partition coefficient (Wildman–Crippen LogP) is 0.673. The zero-order valence-electron chi connectivity index (χ0n) is 11.9. The number of hydrogen-bond acceptors (Lipinski definition) is 3.